The summed E-state index contributed by atoms with van der Waals surface area (Å²) in [5.41, 5.74) is 5.72. The zero-order chi connectivity index (χ0) is 10.7. The minimum Gasteiger partial charge on any atom is -0.375 e. The number of carbonyl (C=O) groups is 1. The predicted octanol–water partition coefficient (Wildman–Crippen LogP) is 0.360. The molecule has 4 nitrogen and oxygen atoms in total. The van der Waals surface area contributed by atoms with Gasteiger partial charge in [-0.25, -0.2) is 0 Å². The van der Waals surface area contributed by atoms with Gasteiger partial charge < -0.3 is 15.4 Å². The summed E-state index contributed by atoms with van der Waals surface area (Å²) in [6.07, 6.45) is 0.800. The van der Waals surface area contributed by atoms with Crippen molar-refractivity contribution < 1.29 is 9.53 Å². The number of carbonyl (C=O) groups excluding carboxylic acids is 1. The van der Waals surface area contributed by atoms with Crippen LogP contribution >= 0.6 is 0 Å². The SMILES string of the molecule is CC[C@H](N)C(=O)N1CCOC(C)C1C. The topological polar surface area (TPSA) is 55.6 Å². The second-order valence-electron chi connectivity index (χ2n) is 3.86. The largest absolute Gasteiger partial charge is 0.375 e. The van der Waals surface area contributed by atoms with Crippen molar-refractivity contribution in [2.24, 2.45) is 5.73 Å². The molecule has 1 rings (SSSR count). The number of nitrogens with zero attached hydrogens (tertiary/aromatic N) is 1. The zero-order valence-electron chi connectivity index (χ0n) is 9.19. The highest BCUT2D eigenvalue weighted by atomic mass is 16.5. The lowest BCUT2D eigenvalue weighted by Crippen LogP contribution is -2.55. The summed E-state index contributed by atoms with van der Waals surface area (Å²) in [5.74, 6) is 0.0511. The van der Waals surface area contributed by atoms with Crippen LogP contribution in [0.25, 0.3) is 0 Å². The molecular weight excluding hydrogens is 180 g/mol. The maximum absolute atomic E-state index is 11.8. The van der Waals surface area contributed by atoms with Gasteiger partial charge in [-0.1, -0.05) is 6.92 Å². The van der Waals surface area contributed by atoms with Crippen molar-refractivity contribution in [2.45, 2.75) is 45.4 Å². The number of hydrogen-bond acceptors (Lipinski definition) is 3. The Morgan fingerprint density at radius 3 is 2.86 bits per heavy atom. The van der Waals surface area contributed by atoms with Gasteiger partial charge in [0, 0.05) is 6.54 Å². The fraction of sp³-hybridized carbons (Fsp3) is 0.900. The molecule has 0 aromatic carbocycles. The fourth-order valence-electron chi connectivity index (χ4n) is 1.63. The molecule has 82 valence electrons. The normalized spacial score (nSPS) is 30.1. The molecule has 1 fully saturated rings. The van der Waals surface area contributed by atoms with Gasteiger partial charge in [-0.3, -0.25) is 4.79 Å². The van der Waals surface area contributed by atoms with Crippen LogP contribution in [0.2, 0.25) is 0 Å². The fourth-order valence-corrected chi connectivity index (χ4v) is 1.63. The molecule has 1 saturated heterocycles. The standard InChI is InChI=1S/C10H20N2O2/c1-4-9(11)10(13)12-5-6-14-8(3)7(12)2/h7-9H,4-6,11H2,1-3H3/t7?,8?,9-/m0/s1. The second kappa shape index (κ2) is 4.75. The first-order valence-electron chi connectivity index (χ1n) is 5.25. The number of rotatable bonds is 2. The highest BCUT2D eigenvalue weighted by molar-refractivity contribution is 5.82. The van der Waals surface area contributed by atoms with E-state index in [4.69, 9.17) is 10.5 Å². The quantitative estimate of drug-likeness (QED) is 0.700. The van der Waals surface area contributed by atoms with Crippen molar-refractivity contribution in [3.05, 3.63) is 0 Å². The highest BCUT2D eigenvalue weighted by Gasteiger charge is 2.30. The van der Waals surface area contributed by atoms with Crippen LogP contribution in [0.1, 0.15) is 27.2 Å². The molecule has 1 heterocycles. The number of amides is 1. The smallest absolute Gasteiger partial charge is 0.239 e. The van der Waals surface area contributed by atoms with Gasteiger partial charge in [-0.15, -0.1) is 0 Å². The Morgan fingerprint density at radius 2 is 2.29 bits per heavy atom. The molecule has 0 saturated carbocycles. The van der Waals surface area contributed by atoms with Crippen molar-refractivity contribution in [2.75, 3.05) is 13.2 Å². The third-order valence-electron chi connectivity index (χ3n) is 2.92. The van der Waals surface area contributed by atoms with Gasteiger partial charge in [0.15, 0.2) is 0 Å². The molecule has 0 radical (unpaired) electrons. The van der Waals surface area contributed by atoms with Crippen LogP contribution in [0.3, 0.4) is 0 Å². The van der Waals surface area contributed by atoms with Crippen LogP contribution in [0, 0.1) is 0 Å². The summed E-state index contributed by atoms with van der Waals surface area (Å²) in [6.45, 7) is 7.20. The molecule has 4 heteroatoms. The van der Waals surface area contributed by atoms with Crippen molar-refractivity contribution in [3.8, 4) is 0 Å². The number of nitrogens with two attached hydrogens (primary N) is 1. The van der Waals surface area contributed by atoms with Crippen LogP contribution in [-0.2, 0) is 9.53 Å². The molecule has 1 amide bonds. The average Bonchev–Trinajstić information content (AvgIpc) is 2.20. The summed E-state index contributed by atoms with van der Waals surface area (Å²) in [7, 11) is 0. The lowest BCUT2D eigenvalue weighted by molar-refractivity contribution is -0.145. The average molecular weight is 200 g/mol. The zero-order valence-corrected chi connectivity index (χ0v) is 9.19. The molecule has 2 N–H and O–H groups in total. The summed E-state index contributed by atoms with van der Waals surface area (Å²) in [4.78, 5) is 13.7. The second-order valence-corrected chi connectivity index (χ2v) is 3.86. The van der Waals surface area contributed by atoms with Crippen molar-refractivity contribution in [3.63, 3.8) is 0 Å². The molecule has 0 aromatic rings. The summed E-state index contributed by atoms with van der Waals surface area (Å²) >= 11 is 0. The Kier molecular flexibility index (Phi) is 3.89. The predicted molar refractivity (Wildman–Crippen MR) is 54.9 cm³/mol. The van der Waals surface area contributed by atoms with E-state index in [0.29, 0.717) is 19.6 Å². The Balaban J connectivity index is 2.62. The maximum atomic E-state index is 11.8. The Hall–Kier alpha value is -0.610. The lowest BCUT2D eigenvalue weighted by Gasteiger charge is -2.38. The number of hydrogen-bond donors (Lipinski definition) is 1. The van der Waals surface area contributed by atoms with E-state index in [1.165, 1.54) is 0 Å². The van der Waals surface area contributed by atoms with Gasteiger partial charge in [0.25, 0.3) is 0 Å². The van der Waals surface area contributed by atoms with Gasteiger partial charge in [-0.2, -0.15) is 0 Å². The number of morpholine rings is 1. The molecule has 0 spiro atoms. The molecule has 1 aliphatic heterocycles. The third-order valence-corrected chi connectivity index (χ3v) is 2.92. The Morgan fingerprint density at radius 1 is 1.64 bits per heavy atom. The Labute approximate surface area is 85.4 Å². The van der Waals surface area contributed by atoms with Gasteiger partial charge in [0.05, 0.1) is 24.8 Å². The van der Waals surface area contributed by atoms with E-state index in [2.05, 4.69) is 0 Å². The van der Waals surface area contributed by atoms with E-state index in [1.807, 2.05) is 25.7 Å². The van der Waals surface area contributed by atoms with Crippen LogP contribution in [0.4, 0.5) is 0 Å². The first kappa shape index (κ1) is 11.5. The van der Waals surface area contributed by atoms with Crippen LogP contribution in [0.15, 0.2) is 0 Å². The molecule has 0 aliphatic carbocycles. The molecular formula is C10H20N2O2. The third kappa shape index (κ3) is 2.25. The van der Waals surface area contributed by atoms with Crippen LogP contribution < -0.4 is 5.73 Å². The van der Waals surface area contributed by atoms with Crippen molar-refractivity contribution >= 4 is 5.91 Å². The minimum atomic E-state index is -0.359. The van der Waals surface area contributed by atoms with E-state index in [9.17, 15) is 4.79 Å². The van der Waals surface area contributed by atoms with Gasteiger partial charge in [0.1, 0.15) is 0 Å². The van der Waals surface area contributed by atoms with E-state index in [1.54, 1.807) is 0 Å². The molecule has 14 heavy (non-hydrogen) atoms. The lowest BCUT2D eigenvalue weighted by atomic mass is 10.1. The van der Waals surface area contributed by atoms with Gasteiger partial charge >= 0.3 is 0 Å². The molecule has 0 aromatic heterocycles. The van der Waals surface area contributed by atoms with Crippen LogP contribution in [-0.4, -0.2) is 42.1 Å². The van der Waals surface area contributed by atoms with Gasteiger partial charge in [0.2, 0.25) is 5.91 Å². The summed E-state index contributed by atoms with van der Waals surface area (Å²) in [5, 5.41) is 0. The summed E-state index contributed by atoms with van der Waals surface area (Å²) in [6, 6.07) is -0.225. The monoisotopic (exact) mass is 200 g/mol. The van der Waals surface area contributed by atoms with Gasteiger partial charge in [-0.05, 0) is 20.3 Å². The minimum absolute atomic E-state index is 0.0511. The number of ether oxygens (including phenoxy) is 1. The van der Waals surface area contributed by atoms with E-state index in [-0.39, 0.29) is 24.1 Å². The Bertz CT molecular complexity index is 208. The van der Waals surface area contributed by atoms with Crippen LogP contribution in [0.5, 0.6) is 0 Å². The van der Waals surface area contributed by atoms with E-state index >= 15 is 0 Å². The first-order chi connectivity index (χ1) is 6.57. The molecule has 1 aliphatic rings. The van der Waals surface area contributed by atoms with Crippen molar-refractivity contribution in [1.82, 2.24) is 4.90 Å². The maximum Gasteiger partial charge on any atom is 0.239 e. The van der Waals surface area contributed by atoms with E-state index in [0.717, 1.165) is 0 Å². The first-order valence-corrected chi connectivity index (χ1v) is 5.25. The summed E-state index contributed by atoms with van der Waals surface area (Å²) < 4.78 is 5.45. The molecule has 0 bridgehead atoms. The van der Waals surface area contributed by atoms with E-state index < -0.39 is 0 Å². The molecule has 3 atom stereocenters. The molecule has 2 unspecified atom stereocenters. The van der Waals surface area contributed by atoms with Crippen molar-refractivity contribution in [1.29, 1.82) is 0 Å². The highest BCUT2D eigenvalue weighted by Crippen LogP contribution is 2.14.